The molecule has 0 aromatic rings. The van der Waals surface area contributed by atoms with Crippen molar-refractivity contribution in [3.63, 3.8) is 0 Å². The van der Waals surface area contributed by atoms with Gasteiger partial charge in [0.25, 0.3) is 0 Å². The molecule has 0 bridgehead atoms. The quantitative estimate of drug-likeness (QED) is 0.384. The fraction of sp³-hybridized carbons (Fsp3) is 1.00. The van der Waals surface area contributed by atoms with Gasteiger partial charge >= 0.3 is 0 Å². The van der Waals surface area contributed by atoms with Crippen molar-refractivity contribution in [2.75, 3.05) is 19.8 Å². The van der Waals surface area contributed by atoms with Gasteiger partial charge in [-0.05, 0) is 25.8 Å². The van der Waals surface area contributed by atoms with Gasteiger partial charge in [0, 0.05) is 17.4 Å². The van der Waals surface area contributed by atoms with Gasteiger partial charge in [-0.1, -0.05) is 5.11 Å². The van der Waals surface area contributed by atoms with Crippen LogP contribution in [0.4, 0.5) is 0 Å². The Morgan fingerprint density at radius 2 is 2.08 bits per heavy atom. The molecule has 0 N–H and O–H groups in total. The molecule has 0 aromatic heterocycles. The Morgan fingerprint density at radius 3 is 2.62 bits per heavy atom. The summed E-state index contributed by atoms with van der Waals surface area (Å²) in [6.45, 7) is 5.70. The molecule has 13 heavy (non-hydrogen) atoms. The van der Waals surface area contributed by atoms with Gasteiger partial charge in [0.15, 0.2) is 5.79 Å². The van der Waals surface area contributed by atoms with E-state index in [0.717, 1.165) is 6.42 Å². The molecular weight excluding hydrogens is 170 g/mol. The van der Waals surface area contributed by atoms with Gasteiger partial charge in [-0.2, -0.15) is 0 Å². The van der Waals surface area contributed by atoms with E-state index in [1.165, 1.54) is 0 Å². The van der Waals surface area contributed by atoms with Crippen LogP contribution in [0.5, 0.6) is 0 Å². The van der Waals surface area contributed by atoms with Crippen LogP contribution in [-0.4, -0.2) is 25.5 Å². The van der Waals surface area contributed by atoms with Crippen LogP contribution in [-0.2, 0) is 9.47 Å². The molecule has 0 spiro atoms. The maximum atomic E-state index is 8.07. The zero-order valence-electron chi connectivity index (χ0n) is 8.06. The summed E-state index contributed by atoms with van der Waals surface area (Å²) in [7, 11) is 0. The SMILES string of the molecule is CC1(C)OCC(CCN=[N+]=[N-])CO1. The van der Waals surface area contributed by atoms with Gasteiger partial charge in [0.2, 0.25) is 0 Å². The minimum absolute atomic E-state index is 0.360. The molecule has 0 radical (unpaired) electrons. The summed E-state index contributed by atoms with van der Waals surface area (Å²) in [5.41, 5.74) is 8.07. The van der Waals surface area contributed by atoms with E-state index in [0.29, 0.717) is 25.7 Å². The maximum Gasteiger partial charge on any atom is 0.162 e. The van der Waals surface area contributed by atoms with E-state index in [1.807, 2.05) is 13.8 Å². The molecule has 0 aliphatic carbocycles. The molecule has 5 heteroatoms. The average Bonchev–Trinajstić information content (AvgIpc) is 2.08. The van der Waals surface area contributed by atoms with Crippen LogP contribution in [0.1, 0.15) is 20.3 Å². The lowest BCUT2D eigenvalue weighted by Crippen LogP contribution is -2.39. The first-order valence-electron chi connectivity index (χ1n) is 4.43. The van der Waals surface area contributed by atoms with Gasteiger partial charge in [-0.25, -0.2) is 0 Å². The van der Waals surface area contributed by atoms with Crippen molar-refractivity contribution in [3.05, 3.63) is 10.4 Å². The number of azide groups is 1. The van der Waals surface area contributed by atoms with Crippen LogP contribution >= 0.6 is 0 Å². The third-order valence-corrected chi connectivity index (χ3v) is 2.03. The van der Waals surface area contributed by atoms with E-state index in [1.54, 1.807) is 0 Å². The van der Waals surface area contributed by atoms with Gasteiger partial charge < -0.3 is 9.47 Å². The highest BCUT2D eigenvalue weighted by atomic mass is 16.7. The second-order valence-corrected chi connectivity index (χ2v) is 3.63. The largest absolute Gasteiger partial charge is 0.350 e. The zero-order chi connectivity index (χ0) is 9.73. The predicted molar refractivity (Wildman–Crippen MR) is 48.1 cm³/mol. The number of hydrogen-bond acceptors (Lipinski definition) is 3. The highest BCUT2D eigenvalue weighted by Crippen LogP contribution is 2.21. The lowest BCUT2D eigenvalue weighted by molar-refractivity contribution is -0.262. The summed E-state index contributed by atoms with van der Waals surface area (Å²) in [4.78, 5) is 2.69. The van der Waals surface area contributed by atoms with Gasteiger partial charge in [-0.3, -0.25) is 0 Å². The van der Waals surface area contributed by atoms with E-state index < -0.39 is 5.79 Å². The van der Waals surface area contributed by atoms with Crippen LogP contribution in [0.2, 0.25) is 0 Å². The highest BCUT2D eigenvalue weighted by Gasteiger charge is 2.27. The molecule has 0 atom stereocenters. The Labute approximate surface area is 77.6 Å². The van der Waals surface area contributed by atoms with E-state index in [4.69, 9.17) is 15.0 Å². The van der Waals surface area contributed by atoms with Gasteiger partial charge in [-0.15, -0.1) is 0 Å². The summed E-state index contributed by atoms with van der Waals surface area (Å²) in [5.74, 6) is -0.0897. The first kappa shape index (κ1) is 10.3. The maximum absolute atomic E-state index is 8.07. The second-order valence-electron chi connectivity index (χ2n) is 3.63. The van der Waals surface area contributed by atoms with Gasteiger partial charge in [0.05, 0.1) is 13.2 Å². The van der Waals surface area contributed by atoms with Crippen LogP contribution < -0.4 is 0 Å². The highest BCUT2D eigenvalue weighted by molar-refractivity contribution is 4.68. The lowest BCUT2D eigenvalue weighted by Gasteiger charge is -2.34. The van der Waals surface area contributed by atoms with Crippen molar-refractivity contribution in [2.24, 2.45) is 11.0 Å². The van der Waals surface area contributed by atoms with E-state index in [-0.39, 0.29) is 0 Å². The number of hydrogen-bond donors (Lipinski definition) is 0. The summed E-state index contributed by atoms with van der Waals surface area (Å²) < 4.78 is 10.9. The molecule has 5 nitrogen and oxygen atoms in total. The minimum atomic E-state index is -0.449. The number of rotatable bonds is 3. The normalized spacial score (nSPS) is 22.3. The third kappa shape index (κ3) is 3.63. The number of nitrogens with zero attached hydrogens (tertiary/aromatic N) is 3. The third-order valence-electron chi connectivity index (χ3n) is 2.03. The molecule has 0 saturated carbocycles. The molecule has 0 aromatic carbocycles. The van der Waals surface area contributed by atoms with Crippen molar-refractivity contribution in [1.82, 2.24) is 0 Å². The van der Waals surface area contributed by atoms with E-state index in [2.05, 4.69) is 10.0 Å². The monoisotopic (exact) mass is 185 g/mol. The fourth-order valence-corrected chi connectivity index (χ4v) is 1.18. The minimum Gasteiger partial charge on any atom is -0.350 e. The molecule has 1 saturated heterocycles. The Morgan fingerprint density at radius 1 is 1.46 bits per heavy atom. The molecule has 1 aliphatic rings. The topological polar surface area (TPSA) is 67.2 Å². The Bertz CT molecular complexity index is 201. The van der Waals surface area contributed by atoms with Crippen molar-refractivity contribution in [2.45, 2.75) is 26.1 Å². The summed E-state index contributed by atoms with van der Waals surface area (Å²) in [6, 6.07) is 0. The smallest absolute Gasteiger partial charge is 0.162 e. The summed E-state index contributed by atoms with van der Waals surface area (Å²) in [6.07, 6.45) is 0.833. The first-order chi connectivity index (χ1) is 6.14. The molecule has 1 rings (SSSR count). The lowest BCUT2D eigenvalue weighted by atomic mass is 10.1. The van der Waals surface area contributed by atoms with Crippen molar-refractivity contribution in [1.29, 1.82) is 0 Å². The fourth-order valence-electron chi connectivity index (χ4n) is 1.18. The molecule has 0 amide bonds. The molecule has 1 fully saturated rings. The van der Waals surface area contributed by atoms with Crippen LogP contribution in [0.25, 0.3) is 10.4 Å². The molecule has 1 aliphatic heterocycles. The summed E-state index contributed by atoms with van der Waals surface area (Å²) >= 11 is 0. The number of ether oxygens (including phenoxy) is 2. The van der Waals surface area contributed by atoms with Crippen molar-refractivity contribution < 1.29 is 9.47 Å². The average molecular weight is 185 g/mol. The second kappa shape index (κ2) is 4.46. The summed E-state index contributed by atoms with van der Waals surface area (Å²) in [5, 5.41) is 3.47. The van der Waals surface area contributed by atoms with Crippen molar-refractivity contribution >= 4 is 0 Å². The first-order valence-corrected chi connectivity index (χ1v) is 4.43. The van der Waals surface area contributed by atoms with Crippen LogP contribution in [0, 0.1) is 5.92 Å². The van der Waals surface area contributed by atoms with Crippen molar-refractivity contribution in [3.8, 4) is 0 Å². The Kier molecular flexibility index (Phi) is 3.54. The Hall–Kier alpha value is -0.770. The van der Waals surface area contributed by atoms with Gasteiger partial charge in [0.1, 0.15) is 0 Å². The van der Waals surface area contributed by atoms with Crippen LogP contribution in [0.3, 0.4) is 0 Å². The molecule has 74 valence electrons. The molecular formula is C8H15N3O2. The zero-order valence-corrected chi connectivity index (χ0v) is 8.06. The Balaban J connectivity index is 2.21. The standard InChI is InChI=1S/C8H15N3O2/c1-8(2)12-5-7(6-13-8)3-4-10-11-9/h7H,3-6H2,1-2H3. The van der Waals surface area contributed by atoms with E-state index in [9.17, 15) is 0 Å². The molecule has 1 heterocycles. The van der Waals surface area contributed by atoms with Crippen LogP contribution in [0.15, 0.2) is 5.11 Å². The predicted octanol–water partition coefficient (Wildman–Crippen LogP) is 2.09. The molecule has 0 unspecified atom stereocenters. The van der Waals surface area contributed by atoms with E-state index >= 15 is 0 Å².